The minimum atomic E-state index is -0.905. The number of rotatable bonds is 12. The Bertz CT molecular complexity index is 1060. The molecule has 0 saturated carbocycles. The van der Waals surface area contributed by atoms with Crippen LogP contribution in [0.15, 0.2) is 59.8 Å². The second-order valence-corrected chi connectivity index (χ2v) is 9.59. The summed E-state index contributed by atoms with van der Waals surface area (Å²) < 4.78 is 5.61. The van der Waals surface area contributed by atoms with Crippen LogP contribution in [0.4, 0.5) is 0 Å². The molecule has 2 atom stereocenters. The number of nitrogens with one attached hydrogen (secondary N) is 2. The Morgan fingerprint density at radius 3 is 2.22 bits per heavy atom. The number of ether oxygens (including phenoxy) is 1. The molecule has 0 heterocycles. The van der Waals surface area contributed by atoms with E-state index >= 15 is 0 Å². The van der Waals surface area contributed by atoms with Gasteiger partial charge in [0.15, 0.2) is 5.84 Å². The van der Waals surface area contributed by atoms with Gasteiger partial charge < -0.3 is 31.7 Å². The van der Waals surface area contributed by atoms with Crippen LogP contribution in [0.3, 0.4) is 0 Å². The molecule has 0 radical (unpaired) electrons. The van der Waals surface area contributed by atoms with Crippen molar-refractivity contribution in [3.63, 3.8) is 0 Å². The predicted molar refractivity (Wildman–Crippen MR) is 141 cm³/mol. The zero-order chi connectivity index (χ0) is 27.4. The van der Waals surface area contributed by atoms with Gasteiger partial charge in [-0.05, 0) is 44.7 Å². The fraction of sp³-hybridized carbons (Fsp3) is 0.407. The lowest BCUT2D eigenvalue weighted by Crippen LogP contribution is -2.53. The lowest BCUT2D eigenvalue weighted by Gasteiger charge is -2.24. The number of benzene rings is 2. The number of carbonyl (C=O) groups excluding carboxylic acids is 3. The lowest BCUT2D eigenvalue weighted by molar-refractivity contribution is -0.141. The van der Waals surface area contributed by atoms with Crippen molar-refractivity contribution in [1.82, 2.24) is 10.6 Å². The molecule has 0 aromatic heterocycles. The zero-order valence-corrected chi connectivity index (χ0v) is 21.8. The van der Waals surface area contributed by atoms with Gasteiger partial charge in [0.05, 0.1) is 12.2 Å². The Morgan fingerprint density at radius 1 is 0.973 bits per heavy atom. The minimum Gasteiger partial charge on any atom is -0.380 e. The molecule has 10 nitrogen and oxygen atoms in total. The molecule has 2 aromatic carbocycles. The first-order valence-corrected chi connectivity index (χ1v) is 12.1. The average Bonchev–Trinajstić information content (AvgIpc) is 2.87. The van der Waals surface area contributed by atoms with Gasteiger partial charge >= 0.3 is 5.97 Å². The first kappa shape index (κ1) is 29.5. The second-order valence-electron chi connectivity index (χ2n) is 9.59. The van der Waals surface area contributed by atoms with Gasteiger partial charge in [-0.1, -0.05) is 59.8 Å². The minimum absolute atomic E-state index is 0.0403. The molecule has 0 aliphatic heterocycles. The maximum absolute atomic E-state index is 13.1. The van der Waals surface area contributed by atoms with Crippen molar-refractivity contribution in [1.29, 1.82) is 0 Å². The maximum Gasteiger partial charge on any atom is 0.332 e. The van der Waals surface area contributed by atoms with Gasteiger partial charge in [0, 0.05) is 19.0 Å². The van der Waals surface area contributed by atoms with Gasteiger partial charge in [-0.2, -0.15) is 0 Å². The van der Waals surface area contributed by atoms with Crippen LogP contribution in [0.2, 0.25) is 0 Å². The van der Waals surface area contributed by atoms with Gasteiger partial charge in [-0.15, -0.1) is 0 Å². The molecule has 0 spiro atoms. The smallest absolute Gasteiger partial charge is 0.332 e. The van der Waals surface area contributed by atoms with E-state index in [4.69, 9.17) is 16.2 Å². The van der Waals surface area contributed by atoms with E-state index in [0.29, 0.717) is 18.4 Å². The van der Waals surface area contributed by atoms with Crippen LogP contribution in [0.5, 0.6) is 0 Å². The number of oxime groups is 1. The molecule has 2 rings (SSSR count). The van der Waals surface area contributed by atoms with E-state index in [0.717, 1.165) is 11.1 Å². The summed E-state index contributed by atoms with van der Waals surface area (Å²) in [4.78, 5) is 41.2. The maximum atomic E-state index is 13.1. The van der Waals surface area contributed by atoms with Gasteiger partial charge in [-0.3, -0.25) is 9.59 Å². The van der Waals surface area contributed by atoms with E-state index in [1.807, 2.05) is 51.1 Å². The third-order valence-electron chi connectivity index (χ3n) is 5.22. The van der Waals surface area contributed by atoms with E-state index in [-0.39, 0.29) is 24.9 Å². The first-order chi connectivity index (χ1) is 17.4. The number of nitrogens with zero attached hydrogens (tertiary/aromatic N) is 1. The molecule has 2 aromatic rings. The highest BCUT2D eigenvalue weighted by Gasteiger charge is 2.25. The number of hydrogen-bond donors (Lipinski definition) is 4. The molecule has 6 N–H and O–H groups in total. The summed E-state index contributed by atoms with van der Waals surface area (Å²) in [6.07, 6.45) is 0.999. The third kappa shape index (κ3) is 11.2. The fourth-order valence-electron chi connectivity index (χ4n) is 3.19. The van der Waals surface area contributed by atoms with E-state index in [2.05, 4.69) is 20.6 Å². The normalized spacial score (nSPS) is 13.4. The van der Waals surface area contributed by atoms with Crippen LogP contribution >= 0.6 is 0 Å². The van der Waals surface area contributed by atoms with Crippen molar-refractivity contribution < 1.29 is 24.0 Å². The van der Waals surface area contributed by atoms with Crippen molar-refractivity contribution in [3.05, 3.63) is 71.3 Å². The summed E-state index contributed by atoms with van der Waals surface area (Å²) in [6.45, 7) is 7.13. The number of amidine groups is 1. The largest absolute Gasteiger partial charge is 0.380 e. The average molecular weight is 512 g/mol. The van der Waals surface area contributed by atoms with Gasteiger partial charge in [0.2, 0.25) is 11.8 Å². The summed E-state index contributed by atoms with van der Waals surface area (Å²) in [5, 5.41) is 9.20. The van der Waals surface area contributed by atoms with Crippen molar-refractivity contribution in [2.24, 2.45) is 16.6 Å². The molecule has 0 bridgehead atoms. The summed E-state index contributed by atoms with van der Waals surface area (Å²) >= 11 is 0. The molecule has 200 valence electrons. The van der Waals surface area contributed by atoms with Crippen LogP contribution < -0.4 is 22.1 Å². The number of hydrogen-bond acceptors (Lipinski definition) is 7. The molecule has 37 heavy (non-hydrogen) atoms. The molecule has 10 heteroatoms. The van der Waals surface area contributed by atoms with E-state index in [1.165, 1.54) is 6.92 Å². The predicted octanol–water partition coefficient (Wildman–Crippen LogP) is 1.75. The molecule has 0 saturated heterocycles. The fourth-order valence-corrected chi connectivity index (χ4v) is 3.19. The Morgan fingerprint density at radius 2 is 1.62 bits per heavy atom. The molecule has 2 amide bonds. The first-order valence-electron chi connectivity index (χ1n) is 12.1. The van der Waals surface area contributed by atoms with Gasteiger partial charge in [-0.25, -0.2) is 4.79 Å². The Kier molecular flexibility index (Phi) is 11.2. The summed E-state index contributed by atoms with van der Waals surface area (Å²) in [7, 11) is 0. The van der Waals surface area contributed by atoms with Gasteiger partial charge in [0.1, 0.15) is 12.1 Å². The molecule has 2 unspecified atom stereocenters. The highest BCUT2D eigenvalue weighted by Crippen LogP contribution is 2.09. The third-order valence-corrected chi connectivity index (χ3v) is 5.22. The van der Waals surface area contributed by atoms with E-state index < -0.39 is 29.6 Å². The van der Waals surface area contributed by atoms with Crippen molar-refractivity contribution in [2.75, 3.05) is 6.61 Å². The van der Waals surface area contributed by atoms with Crippen LogP contribution in [-0.4, -0.2) is 47.9 Å². The Hall–Kier alpha value is -3.76. The Labute approximate surface area is 217 Å². The standard InChI is InChI=1S/C27H37N5O5/c1-18(33)37-32-24(29)21-13-10-20(11-14-21)16-30-26(35)23(15-12-19-8-6-5-7-9-19)31-25(34)22(28)17-36-27(2,3)4/h5-11,13-14,22-23H,12,15-17,28H2,1-4H3,(H2,29,32)(H,30,35)(H,31,34). The molecule has 0 aliphatic carbocycles. The second kappa shape index (κ2) is 14.1. The van der Waals surface area contributed by atoms with E-state index in [1.54, 1.807) is 24.3 Å². The quantitative estimate of drug-likeness (QED) is 0.146. The van der Waals surface area contributed by atoms with Gasteiger partial charge in [0.25, 0.3) is 0 Å². The van der Waals surface area contributed by atoms with Crippen LogP contribution in [0.1, 0.15) is 50.8 Å². The van der Waals surface area contributed by atoms with Crippen molar-refractivity contribution >= 4 is 23.6 Å². The summed E-state index contributed by atoms with van der Waals surface area (Å²) in [5.41, 5.74) is 13.8. The summed E-state index contributed by atoms with van der Waals surface area (Å²) in [6, 6.07) is 15.0. The van der Waals surface area contributed by atoms with Crippen LogP contribution in [-0.2, 0) is 36.9 Å². The van der Waals surface area contributed by atoms with Crippen molar-refractivity contribution in [2.45, 2.75) is 64.8 Å². The van der Waals surface area contributed by atoms with E-state index in [9.17, 15) is 14.4 Å². The zero-order valence-electron chi connectivity index (χ0n) is 21.8. The number of amides is 2. The SMILES string of the molecule is CC(=O)O/N=C(\N)c1ccc(CNC(=O)C(CCc2ccccc2)NC(=O)C(N)COC(C)(C)C)cc1. The van der Waals surface area contributed by atoms with Crippen molar-refractivity contribution in [3.8, 4) is 0 Å². The number of aryl methyl sites for hydroxylation is 1. The Balaban J connectivity index is 2.01. The lowest BCUT2D eigenvalue weighted by atomic mass is 10.0. The molecule has 0 fully saturated rings. The summed E-state index contributed by atoms with van der Waals surface area (Å²) in [5.74, 6) is -1.29. The highest BCUT2D eigenvalue weighted by molar-refractivity contribution is 5.97. The topological polar surface area (TPSA) is 158 Å². The number of carbonyl (C=O) groups is 3. The highest BCUT2D eigenvalue weighted by atomic mass is 16.7. The monoisotopic (exact) mass is 511 g/mol. The van der Waals surface area contributed by atoms with Crippen LogP contribution in [0, 0.1) is 0 Å². The molecule has 0 aliphatic rings. The van der Waals surface area contributed by atoms with Crippen LogP contribution in [0.25, 0.3) is 0 Å². The molecular formula is C27H37N5O5. The number of nitrogens with two attached hydrogens (primary N) is 2. The molecular weight excluding hydrogens is 474 g/mol.